The van der Waals surface area contributed by atoms with Gasteiger partial charge in [0, 0.05) is 53.1 Å². The number of aromatic nitrogens is 3. The second-order valence-electron chi connectivity index (χ2n) is 8.76. The molecule has 3 heterocycles. The molecular weight excluding hydrogens is 462 g/mol. The molecule has 0 saturated carbocycles. The summed E-state index contributed by atoms with van der Waals surface area (Å²) in [5.41, 5.74) is 10.8. The van der Waals surface area contributed by atoms with E-state index < -0.39 is 0 Å². The number of hydrogen-bond donors (Lipinski definition) is 1. The minimum absolute atomic E-state index is 0.399. The minimum Gasteiger partial charge on any atom is -0.493 e. The highest BCUT2D eigenvalue weighted by Gasteiger charge is 2.13. The number of rotatable bonds is 6. The smallest absolute Gasteiger partial charge is 0.162 e. The van der Waals surface area contributed by atoms with Gasteiger partial charge in [-0.25, -0.2) is 4.98 Å². The summed E-state index contributed by atoms with van der Waals surface area (Å²) in [5, 5.41) is 2.59. The maximum atomic E-state index is 6.37. The van der Waals surface area contributed by atoms with Crippen molar-refractivity contribution < 1.29 is 9.47 Å². The Morgan fingerprint density at radius 3 is 2.46 bits per heavy atom. The third-order valence-electron chi connectivity index (χ3n) is 6.12. The molecule has 5 aromatic rings. The summed E-state index contributed by atoms with van der Waals surface area (Å²) in [4.78, 5) is 15.8. The van der Waals surface area contributed by atoms with Crippen LogP contribution in [-0.2, 0) is 6.54 Å². The van der Waals surface area contributed by atoms with Crippen molar-refractivity contribution in [3.8, 4) is 34.6 Å². The Morgan fingerprint density at radius 1 is 0.892 bits per heavy atom. The van der Waals surface area contributed by atoms with E-state index in [0.29, 0.717) is 29.6 Å². The van der Waals surface area contributed by atoms with E-state index in [-0.39, 0.29) is 0 Å². The predicted octanol–water partition coefficient (Wildman–Crippen LogP) is 4.93. The number of fused-ring (bicyclic) bond motifs is 3. The van der Waals surface area contributed by atoms with E-state index >= 15 is 0 Å². The zero-order valence-corrected chi connectivity index (χ0v) is 21.0. The highest BCUT2D eigenvalue weighted by molar-refractivity contribution is 6.10. The van der Waals surface area contributed by atoms with E-state index in [1.165, 1.54) is 5.56 Å². The molecule has 3 aromatic heterocycles. The molecule has 5 rings (SSSR count). The van der Waals surface area contributed by atoms with Gasteiger partial charge in [-0.15, -0.1) is 0 Å². The Kier molecular flexibility index (Phi) is 6.84. The van der Waals surface area contributed by atoms with Gasteiger partial charge in [-0.2, -0.15) is 0 Å². The van der Waals surface area contributed by atoms with Gasteiger partial charge in [-0.05, 0) is 36.2 Å². The highest BCUT2D eigenvalue weighted by atomic mass is 16.5. The Labute approximate surface area is 215 Å². The van der Waals surface area contributed by atoms with E-state index in [4.69, 9.17) is 15.2 Å². The van der Waals surface area contributed by atoms with Crippen LogP contribution in [0.3, 0.4) is 0 Å². The third-order valence-corrected chi connectivity index (χ3v) is 6.12. The van der Waals surface area contributed by atoms with E-state index in [1.807, 2.05) is 42.5 Å². The zero-order chi connectivity index (χ0) is 25.8. The number of benzene rings is 2. The summed E-state index contributed by atoms with van der Waals surface area (Å²) in [6.07, 6.45) is 5.27. The molecule has 0 fully saturated rings. The monoisotopic (exact) mass is 489 g/mol. The summed E-state index contributed by atoms with van der Waals surface area (Å²) in [6.45, 7) is 1.48. The molecule has 37 heavy (non-hydrogen) atoms. The lowest BCUT2D eigenvalue weighted by atomic mass is 10.0. The molecule has 0 aliphatic heterocycles. The van der Waals surface area contributed by atoms with Crippen LogP contribution in [0.1, 0.15) is 11.1 Å². The van der Waals surface area contributed by atoms with Gasteiger partial charge < -0.3 is 15.2 Å². The van der Waals surface area contributed by atoms with Crippen LogP contribution in [0.25, 0.3) is 32.9 Å². The van der Waals surface area contributed by atoms with Crippen molar-refractivity contribution in [1.29, 1.82) is 0 Å². The van der Waals surface area contributed by atoms with Crippen molar-refractivity contribution in [2.75, 3.05) is 33.5 Å². The lowest BCUT2D eigenvalue weighted by Crippen LogP contribution is -2.17. The summed E-state index contributed by atoms with van der Waals surface area (Å²) in [7, 11) is 5.28. The Morgan fingerprint density at radius 2 is 1.68 bits per heavy atom. The maximum Gasteiger partial charge on any atom is 0.162 e. The first-order valence-corrected chi connectivity index (χ1v) is 11.8. The fourth-order valence-corrected chi connectivity index (χ4v) is 4.28. The predicted molar refractivity (Wildman–Crippen MR) is 147 cm³/mol. The van der Waals surface area contributed by atoms with Crippen molar-refractivity contribution in [1.82, 2.24) is 19.9 Å². The van der Waals surface area contributed by atoms with Crippen LogP contribution in [0.2, 0.25) is 0 Å². The molecule has 0 spiro atoms. The molecule has 184 valence electrons. The fraction of sp³-hybridized carbons (Fsp3) is 0.167. The largest absolute Gasteiger partial charge is 0.493 e. The standard InChI is InChI=1S/C30H27N5O2/c1-35(19-20-8-5-4-6-9-20)11-7-10-21-12-22(17-32-16-21)26-13-23-24-14-28(36-2)29(37-3)15-27(24)33-18-25(23)30(31)34-26/h4-6,8-9,12-18H,11,19H2,1-3H3,(H2,31,34). The molecule has 0 unspecified atom stereocenters. The molecule has 7 heteroatoms. The van der Waals surface area contributed by atoms with Crippen LogP contribution in [-0.4, -0.2) is 47.7 Å². The van der Waals surface area contributed by atoms with E-state index in [2.05, 4.69) is 50.9 Å². The normalized spacial score (nSPS) is 10.9. The number of ether oxygens (including phenoxy) is 2. The average Bonchev–Trinajstić information content (AvgIpc) is 2.92. The molecule has 7 nitrogen and oxygen atoms in total. The van der Waals surface area contributed by atoms with Gasteiger partial charge in [0.15, 0.2) is 11.5 Å². The van der Waals surface area contributed by atoms with Crippen molar-refractivity contribution in [3.05, 3.63) is 84.3 Å². The van der Waals surface area contributed by atoms with Crippen molar-refractivity contribution in [3.63, 3.8) is 0 Å². The van der Waals surface area contributed by atoms with Crippen LogP contribution < -0.4 is 15.2 Å². The molecule has 0 atom stereocenters. The third kappa shape index (κ3) is 5.15. The minimum atomic E-state index is 0.399. The molecule has 0 saturated heterocycles. The number of nitrogens with two attached hydrogens (primary N) is 1. The van der Waals surface area contributed by atoms with Crippen LogP contribution in [0.15, 0.2) is 73.2 Å². The number of methoxy groups -OCH3 is 2. The molecule has 2 N–H and O–H groups in total. The van der Waals surface area contributed by atoms with Crippen molar-refractivity contribution in [2.24, 2.45) is 0 Å². The Hall–Kier alpha value is -4.67. The second-order valence-corrected chi connectivity index (χ2v) is 8.76. The lowest BCUT2D eigenvalue weighted by molar-refractivity contribution is 0.356. The fourth-order valence-electron chi connectivity index (χ4n) is 4.28. The van der Waals surface area contributed by atoms with Crippen LogP contribution in [0.4, 0.5) is 5.82 Å². The van der Waals surface area contributed by atoms with Gasteiger partial charge in [0.05, 0.1) is 32.0 Å². The average molecular weight is 490 g/mol. The number of anilines is 1. The highest BCUT2D eigenvalue weighted by Crippen LogP contribution is 2.36. The number of nitrogens with zero attached hydrogens (tertiary/aromatic N) is 4. The quantitative estimate of drug-likeness (QED) is 0.267. The van der Waals surface area contributed by atoms with Gasteiger partial charge in [0.25, 0.3) is 0 Å². The SMILES string of the molecule is COc1cc2ncc3c(N)nc(-c4cncc(C#CCN(C)Cc5ccccc5)c4)cc3c2cc1OC. The summed E-state index contributed by atoms with van der Waals surface area (Å²) >= 11 is 0. The van der Waals surface area contributed by atoms with Crippen molar-refractivity contribution in [2.45, 2.75) is 6.54 Å². The Balaban J connectivity index is 1.46. The summed E-state index contributed by atoms with van der Waals surface area (Å²) in [6, 6.07) is 18.1. The number of pyridine rings is 3. The Bertz CT molecular complexity index is 1640. The topological polar surface area (TPSA) is 86.4 Å². The van der Waals surface area contributed by atoms with Crippen LogP contribution in [0, 0.1) is 11.8 Å². The summed E-state index contributed by atoms with van der Waals surface area (Å²) in [5.74, 6) is 8.11. The summed E-state index contributed by atoms with van der Waals surface area (Å²) < 4.78 is 10.9. The lowest BCUT2D eigenvalue weighted by Gasteiger charge is -2.12. The molecule has 0 aliphatic carbocycles. The molecule has 0 radical (unpaired) electrons. The first-order valence-electron chi connectivity index (χ1n) is 11.8. The second kappa shape index (κ2) is 10.5. The van der Waals surface area contributed by atoms with E-state index in [9.17, 15) is 0 Å². The van der Waals surface area contributed by atoms with Gasteiger partial charge in [-0.3, -0.25) is 14.9 Å². The molecule has 2 aromatic carbocycles. The van der Waals surface area contributed by atoms with Crippen LogP contribution in [0.5, 0.6) is 11.5 Å². The molecule has 0 aliphatic rings. The van der Waals surface area contributed by atoms with E-state index in [1.54, 1.807) is 32.8 Å². The first kappa shape index (κ1) is 24.0. The first-order chi connectivity index (χ1) is 18.1. The molecular formula is C30H27N5O2. The van der Waals surface area contributed by atoms with Gasteiger partial charge in [-0.1, -0.05) is 42.2 Å². The van der Waals surface area contributed by atoms with Gasteiger partial charge in [0.1, 0.15) is 5.82 Å². The molecule has 0 amide bonds. The van der Waals surface area contributed by atoms with Gasteiger partial charge >= 0.3 is 0 Å². The van der Waals surface area contributed by atoms with E-state index in [0.717, 1.165) is 39.3 Å². The zero-order valence-electron chi connectivity index (χ0n) is 21.0. The number of hydrogen-bond acceptors (Lipinski definition) is 7. The maximum absolute atomic E-state index is 6.37. The van der Waals surface area contributed by atoms with Crippen molar-refractivity contribution >= 4 is 27.5 Å². The van der Waals surface area contributed by atoms with Gasteiger partial charge in [0.2, 0.25) is 0 Å². The molecule has 0 bridgehead atoms. The number of nitrogen functional groups attached to an aromatic ring is 1. The van der Waals surface area contributed by atoms with Crippen LogP contribution >= 0.6 is 0 Å².